The molecule has 0 radical (unpaired) electrons. The number of aromatic nitrogens is 2. The fourth-order valence-corrected chi connectivity index (χ4v) is 5.88. The maximum atomic E-state index is 14.1. The Kier molecular flexibility index (Phi) is 7.48. The number of rotatable bonds is 6. The van der Waals surface area contributed by atoms with Crippen molar-refractivity contribution in [3.63, 3.8) is 0 Å². The molecule has 43 heavy (non-hydrogen) atoms. The number of nitrogens with one attached hydrogen (secondary N) is 2. The Hall–Kier alpha value is -4.56. The number of aromatic amines is 1. The van der Waals surface area contributed by atoms with Gasteiger partial charge in [0.15, 0.2) is 0 Å². The SMILES string of the molecule is Cc1cccc2c(OCc3ccccc3)cc3c(c12)[C@H](CCl)CN3C(=O)c1cc2cc(NC(=O)OC(C)(C)C)cnc2[nH]1. The maximum absolute atomic E-state index is 14.1. The van der Waals surface area contributed by atoms with Crippen molar-refractivity contribution in [1.82, 2.24) is 9.97 Å². The van der Waals surface area contributed by atoms with Gasteiger partial charge in [-0.2, -0.15) is 0 Å². The quantitative estimate of drug-likeness (QED) is 0.194. The van der Waals surface area contributed by atoms with Crippen molar-refractivity contribution in [1.29, 1.82) is 0 Å². The number of amides is 2. The number of pyridine rings is 1. The van der Waals surface area contributed by atoms with Gasteiger partial charge < -0.3 is 19.4 Å². The third kappa shape index (κ3) is 5.75. The number of benzene rings is 3. The maximum Gasteiger partial charge on any atom is 0.412 e. The number of halogens is 1. The van der Waals surface area contributed by atoms with E-state index in [0.717, 1.165) is 33.2 Å². The molecule has 6 rings (SSSR count). The van der Waals surface area contributed by atoms with E-state index in [1.54, 1.807) is 37.8 Å². The molecule has 1 atom stereocenters. The molecule has 1 aliphatic rings. The van der Waals surface area contributed by atoms with Crippen LogP contribution in [0.2, 0.25) is 0 Å². The van der Waals surface area contributed by atoms with E-state index in [4.69, 9.17) is 21.1 Å². The molecule has 2 N–H and O–H groups in total. The highest BCUT2D eigenvalue weighted by Crippen LogP contribution is 2.47. The summed E-state index contributed by atoms with van der Waals surface area (Å²) in [6.45, 7) is 8.32. The fraction of sp³-hybridized carbons (Fsp3) is 0.265. The van der Waals surface area contributed by atoms with E-state index in [1.165, 1.54) is 6.20 Å². The second-order valence-corrected chi connectivity index (χ2v) is 12.1. The molecule has 3 heterocycles. The van der Waals surface area contributed by atoms with Gasteiger partial charge in [-0.3, -0.25) is 10.1 Å². The highest BCUT2D eigenvalue weighted by Gasteiger charge is 2.36. The summed E-state index contributed by atoms with van der Waals surface area (Å²) in [6, 6.07) is 21.6. The molecule has 2 aromatic heterocycles. The van der Waals surface area contributed by atoms with Crippen LogP contribution in [0.1, 0.15) is 53.9 Å². The summed E-state index contributed by atoms with van der Waals surface area (Å²) in [4.78, 5) is 35.7. The normalized spacial score (nSPS) is 14.6. The number of hydrogen-bond donors (Lipinski definition) is 2. The minimum Gasteiger partial charge on any atom is -0.488 e. The van der Waals surface area contributed by atoms with E-state index in [1.807, 2.05) is 42.5 Å². The van der Waals surface area contributed by atoms with Crippen LogP contribution in [0.25, 0.3) is 21.8 Å². The van der Waals surface area contributed by atoms with Crippen molar-refractivity contribution in [3.8, 4) is 5.75 Å². The molecule has 3 aromatic carbocycles. The van der Waals surface area contributed by atoms with E-state index < -0.39 is 11.7 Å². The van der Waals surface area contributed by atoms with Gasteiger partial charge in [0.2, 0.25) is 0 Å². The van der Waals surface area contributed by atoms with E-state index in [0.29, 0.717) is 47.2 Å². The number of alkyl halides is 1. The summed E-state index contributed by atoms with van der Waals surface area (Å²) >= 11 is 6.52. The van der Waals surface area contributed by atoms with Gasteiger partial charge >= 0.3 is 6.09 Å². The zero-order valence-corrected chi connectivity index (χ0v) is 25.3. The second kappa shape index (κ2) is 11.3. The van der Waals surface area contributed by atoms with Gasteiger partial charge in [-0.15, -0.1) is 11.6 Å². The van der Waals surface area contributed by atoms with Crippen molar-refractivity contribution in [2.75, 3.05) is 22.6 Å². The Balaban J connectivity index is 1.35. The monoisotopic (exact) mass is 596 g/mol. The third-order valence-corrected chi connectivity index (χ3v) is 7.84. The molecule has 0 unspecified atom stereocenters. The summed E-state index contributed by atoms with van der Waals surface area (Å²) in [5.74, 6) is 0.846. The van der Waals surface area contributed by atoms with Crippen LogP contribution in [-0.4, -0.2) is 40.0 Å². The van der Waals surface area contributed by atoms with Gasteiger partial charge in [-0.25, -0.2) is 9.78 Å². The summed E-state index contributed by atoms with van der Waals surface area (Å²) in [5, 5.41) is 5.46. The molecule has 2 amide bonds. The summed E-state index contributed by atoms with van der Waals surface area (Å²) in [6.07, 6.45) is 0.950. The first-order chi connectivity index (χ1) is 20.6. The predicted octanol–water partition coefficient (Wildman–Crippen LogP) is 7.93. The largest absolute Gasteiger partial charge is 0.488 e. The number of ether oxygens (including phenoxy) is 2. The first-order valence-corrected chi connectivity index (χ1v) is 14.7. The van der Waals surface area contributed by atoms with Crippen LogP contribution < -0.4 is 15.0 Å². The summed E-state index contributed by atoms with van der Waals surface area (Å²) in [7, 11) is 0. The van der Waals surface area contributed by atoms with Crippen molar-refractivity contribution >= 4 is 56.8 Å². The lowest BCUT2D eigenvalue weighted by Gasteiger charge is -2.20. The van der Waals surface area contributed by atoms with Gasteiger partial charge in [-0.1, -0.05) is 48.5 Å². The molecule has 0 bridgehead atoms. The Bertz CT molecular complexity index is 1840. The number of carbonyl (C=O) groups excluding carboxylic acids is 2. The van der Waals surface area contributed by atoms with Crippen LogP contribution in [-0.2, 0) is 11.3 Å². The number of fused-ring (bicyclic) bond motifs is 4. The summed E-state index contributed by atoms with van der Waals surface area (Å²) in [5.41, 5.74) is 4.77. The van der Waals surface area contributed by atoms with Gasteiger partial charge in [0.05, 0.1) is 17.6 Å². The molecule has 9 heteroatoms. The Morgan fingerprint density at radius 2 is 1.88 bits per heavy atom. The molecule has 1 aliphatic heterocycles. The van der Waals surface area contributed by atoms with Crippen LogP contribution in [0.5, 0.6) is 5.75 Å². The van der Waals surface area contributed by atoms with Crippen molar-refractivity contribution in [2.45, 2.75) is 45.8 Å². The molecule has 220 valence electrons. The third-order valence-electron chi connectivity index (χ3n) is 7.47. The van der Waals surface area contributed by atoms with Crippen LogP contribution in [0.3, 0.4) is 0 Å². The second-order valence-electron chi connectivity index (χ2n) is 11.8. The number of carbonyl (C=O) groups is 2. The van der Waals surface area contributed by atoms with Crippen LogP contribution in [0.4, 0.5) is 16.2 Å². The Morgan fingerprint density at radius 3 is 2.63 bits per heavy atom. The lowest BCUT2D eigenvalue weighted by Crippen LogP contribution is -2.30. The lowest BCUT2D eigenvalue weighted by atomic mass is 9.92. The van der Waals surface area contributed by atoms with Crippen molar-refractivity contribution in [3.05, 3.63) is 95.3 Å². The van der Waals surface area contributed by atoms with E-state index >= 15 is 0 Å². The number of anilines is 2. The van der Waals surface area contributed by atoms with Gasteiger partial charge in [0, 0.05) is 35.2 Å². The Morgan fingerprint density at radius 1 is 1.09 bits per heavy atom. The van der Waals surface area contributed by atoms with E-state index in [2.05, 4.69) is 34.3 Å². The van der Waals surface area contributed by atoms with Crippen LogP contribution in [0, 0.1) is 6.92 Å². The minimum absolute atomic E-state index is 0.0421. The van der Waals surface area contributed by atoms with Crippen LogP contribution in [0.15, 0.2) is 72.9 Å². The molecule has 5 aromatic rings. The molecular weight excluding hydrogens is 564 g/mol. The van der Waals surface area contributed by atoms with Gasteiger partial charge in [0.25, 0.3) is 5.91 Å². The lowest BCUT2D eigenvalue weighted by molar-refractivity contribution is 0.0635. The average Bonchev–Trinajstić information content (AvgIpc) is 3.56. The van der Waals surface area contributed by atoms with Crippen molar-refractivity contribution < 1.29 is 19.1 Å². The zero-order valence-electron chi connectivity index (χ0n) is 24.5. The summed E-state index contributed by atoms with van der Waals surface area (Å²) < 4.78 is 11.7. The predicted molar refractivity (Wildman–Crippen MR) is 171 cm³/mol. The topological polar surface area (TPSA) is 96.6 Å². The Labute approximate surface area is 255 Å². The smallest absolute Gasteiger partial charge is 0.412 e. The van der Waals surface area contributed by atoms with E-state index in [9.17, 15) is 9.59 Å². The van der Waals surface area contributed by atoms with E-state index in [-0.39, 0.29) is 11.8 Å². The molecule has 0 saturated carbocycles. The molecule has 0 aliphatic carbocycles. The van der Waals surface area contributed by atoms with Crippen LogP contribution >= 0.6 is 11.6 Å². The van der Waals surface area contributed by atoms with Gasteiger partial charge in [-0.05, 0) is 61.9 Å². The zero-order chi connectivity index (χ0) is 30.3. The molecular formula is C34H33ClN4O4. The highest BCUT2D eigenvalue weighted by molar-refractivity contribution is 6.19. The number of H-pyrrole nitrogens is 1. The highest BCUT2D eigenvalue weighted by atomic mass is 35.5. The number of nitrogens with zero attached hydrogens (tertiary/aromatic N) is 2. The molecule has 0 saturated heterocycles. The molecule has 0 fully saturated rings. The number of hydrogen-bond acceptors (Lipinski definition) is 5. The average molecular weight is 597 g/mol. The molecule has 0 spiro atoms. The fourth-order valence-electron chi connectivity index (χ4n) is 5.62. The van der Waals surface area contributed by atoms with Gasteiger partial charge in [0.1, 0.15) is 29.3 Å². The minimum atomic E-state index is -0.626. The number of aryl methyl sites for hydroxylation is 1. The molecule has 8 nitrogen and oxygen atoms in total. The standard InChI is InChI=1S/C34H33ClN4O4/c1-20-9-8-12-25-28(42-19-21-10-6-5-7-11-21)15-27-30(29(20)25)23(16-35)18-39(27)32(40)26-14-22-13-24(17-36-31(22)38-26)37-33(41)43-34(2,3)4/h5-15,17,23H,16,18-19H2,1-4H3,(H,36,38)(H,37,41)/t23-/m1/s1. The first kappa shape index (κ1) is 28.6. The first-order valence-electron chi connectivity index (χ1n) is 14.2. The van der Waals surface area contributed by atoms with Crippen molar-refractivity contribution in [2.24, 2.45) is 0 Å².